The van der Waals surface area contributed by atoms with Crippen LogP contribution in [0.5, 0.6) is 0 Å². The molecule has 3 aromatic carbocycles. The fraction of sp³-hybridized carbons (Fsp3) is 0. The maximum absolute atomic E-state index is 4.35. The third-order valence-corrected chi connectivity index (χ3v) is 3.68. The Bertz CT molecular complexity index is 895. The standard InChI is InChI=1S/C12H8N2.2C6H6.Ru/c1-3-9-5-6-10-4-2-8-14-12(10)11(9)13-7-1;2*1-2-4-6-5-3-1;/h1-8H;2*1-6H;/q;;;+2. The van der Waals surface area contributed by atoms with Crippen molar-refractivity contribution < 1.29 is 19.5 Å². The van der Waals surface area contributed by atoms with Crippen molar-refractivity contribution in [3.8, 4) is 0 Å². The summed E-state index contributed by atoms with van der Waals surface area (Å²) < 4.78 is 0. The van der Waals surface area contributed by atoms with E-state index in [0.717, 1.165) is 21.8 Å². The molecule has 2 aromatic heterocycles. The number of rotatable bonds is 0. The first kappa shape index (κ1) is 20.4. The molecule has 5 rings (SSSR count). The van der Waals surface area contributed by atoms with Crippen LogP contribution >= 0.6 is 0 Å². The van der Waals surface area contributed by atoms with E-state index in [2.05, 4.69) is 34.2 Å². The van der Waals surface area contributed by atoms with Crippen LogP contribution in [0.2, 0.25) is 0 Å². The topological polar surface area (TPSA) is 25.8 Å². The molecule has 132 valence electrons. The number of pyridine rings is 2. The Morgan fingerprint density at radius 1 is 0.370 bits per heavy atom. The molecule has 27 heavy (non-hydrogen) atoms. The third kappa shape index (κ3) is 6.40. The van der Waals surface area contributed by atoms with Gasteiger partial charge < -0.3 is 0 Å². The quantitative estimate of drug-likeness (QED) is 0.214. The summed E-state index contributed by atoms with van der Waals surface area (Å²) in [5.41, 5.74) is 1.95. The molecule has 0 saturated carbocycles. The largest absolute Gasteiger partial charge is 2.00 e. The van der Waals surface area contributed by atoms with Crippen molar-refractivity contribution in [1.82, 2.24) is 9.97 Å². The van der Waals surface area contributed by atoms with Gasteiger partial charge in [-0.1, -0.05) is 97.1 Å². The normalized spacial score (nSPS) is 9.19. The van der Waals surface area contributed by atoms with Gasteiger partial charge >= 0.3 is 19.5 Å². The molecule has 0 amide bonds. The van der Waals surface area contributed by atoms with Crippen LogP contribution in [0.1, 0.15) is 0 Å². The Labute approximate surface area is 172 Å². The molecule has 3 heteroatoms. The molecule has 0 bridgehead atoms. The molecule has 0 aliphatic heterocycles. The van der Waals surface area contributed by atoms with E-state index in [1.54, 1.807) is 12.4 Å². The van der Waals surface area contributed by atoms with E-state index in [4.69, 9.17) is 0 Å². The minimum atomic E-state index is 0. The summed E-state index contributed by atoms with van der Waals surface area (Å²) in [7, 11) is 0. The van der Waals surface area contributed by atoms with Gasteiger partial charge in [0, 0.05) is 23.2 Å². The zero-order valence-electron chi connectivity index (χ0n) is 14.8. The van der Waals surface area contributed by atoms with Crippen molar-refractivity contribution >= 4 is 21.8 Å². The Hall–Kier alpha value is -2.90. The summed E-state index contributed by atoms with van der Waals surface area (Å²) in [6, 6.07) is 36.1. The molecule has 0 N–H and O–H groups in total. The van der Waals surface area contributed by atoms with Crippen molar-refractivity contribution in [3.63, 3.8) is 0 Å². The summed E-state index contributed by atoms with van der Waals surface area (Å²) >= 11 is 0. The zero-order chi connectivity index (χ0) is 17.9. The second kappa shape index (κ2) is 11.7. The average molecular weight is 438 g/mol. The molecular formula is C24H20N2Ru+2. The third-order valence-electron chi connectivity index (χ3n) is 3.68. The van der Waals surface area contributed by atoms with Crippen molar-refractivity contribution in [3.05, 3.63) is 122 Å². The molecule has 0 radical (unpaired) electrons. The fourth-order valence-corrected chi connectivity index (χ4v) is 2.45. The SMILES string of the molecule is [Ru+2].c1ccccc1.c1ccccc1.c1cnc2c(c1)ccc1cccnc12. The van der Waals surface area contributed by atoms with Crippen LogP contribution in [0.25, 0.3) is 21.8 Å². The smallest absolute Gasteiger partial charge is 0.254 e. The van der Waals surface area contributed by atoms with Crippen molar-refractivity contribution in [2.24, 2.45) is 0 Å². The second-order valence-electron chi connectivity index (χ2n) is 5.53. The maximum Gasteiger partial charge on any atom is 2.00 e. The van der Waals surface area contributed by atoms with Gasteiger partial charge in [-0.25, -0.2) is 0 Å². The number of hydrogen-bond acceptors (Lipinski definition) is 2. The van der Waals surface area contributed by atoms with Gasteiger partial charge in [-0.15, -0.1) is 0 Å². The van der Waals surface area contributed by atoms with E-state index >= 15 is 0 Å². The van der Waals surface area contributed by atoms with E-state index in [1.165, 1.54) is 0 Å². The molecule has 0 saturated heterocycles. The van der Waals surface area contributed by atoms with E-state index in [-0.39, 0.29) is 19.5 Å². The molecule has 2 nitrogen and oxygen atoms in total. The van der Waals surface area contributed by atoms with Crippen LogP contribution in [0.15, 0.2) is 122 Å². The second-order valence-corrected chi connectivity index (χ2v) is 5.53. The summed E-state index contributed by atoms with van der Waals surface area (Å²) in [6.45, 7) is 0. The molecule has 0 atom stereocenters. The van der Waals surface area contributed by atoms with Crippen molar-refractivity contribution in [2.75, 3.05) is 0 Å². The average Bonchev–Trinajstić information content (AvgIpc) is 2.77. The summed E-state index contributed by atoms with van der Waals surface area (Å²) in [4.78, 5) is 8.69. The van der Waals surface area contributed by atoms with E-state index in [0.29, 0.717) is 0 Å². The van der Waals surface area contributed by atoms with Crippen LogP contribution in [0, 0.1) is 0 Å². The number of fused-ring (bicyclic) bond motifs is 3. The molecular weight excluding hydrogens is 417 g/mol. The maximum atomic E-state index is 4.35. The van der Waals surface area contributed by atoms with Gasteiger partial charge in [-0.3, -0.25) is 9.97 Å². The molecule has 5 aromatic rings. The predicted molar refractivity (Wildman–Crippen MR) is 110 cm³/mol. The van der Waals surface area contributed by atoms with Gasteiger partial charge in [-0.2, -0.15) is 0 Å². The van der Waals surface area contributed by atoms with E-state index in [9.17, 15) is 0 Å². The fourth-order valence-electron chi connectivity index (χ4n) is 2.45. The van der Waals surface area contributed by atoms with E-state index in [1.807, 2.05) is 84.9 Å². The Morgan fingerprint density at radius 3 is 0.963 bits per heavy atom. The van der Waals surface area contributed by atoms with Gasteiger partial charge in [-0.05, 0) is 12.1 Å². The van der Waals surface area contributed by atoms with Crippen molar-refractivity contribution in [1.29, 1.82) is 0 Å². The summed E-state index contributed by atoms with van der Waals surface area (Å²) in [5.74, 6) is 0. The first-order chi connectivity index (χ1) is 12.9. The van der Waals surface area contributed by atoms with E-state index < -0.39 is 0 Å². The summed E-state index contributed by atoms with van der Waals surface area (Å²) in [6.07, 6.45) is 3.60. The van der Waals surface area contributed by atoms with Gasteiger partial charge in [0.25, 0.3) is 0 Å². The zero-order valence-corrected chi connectivity index (χ0v) is 16.5. The number of hydrogen-bond donors (Lipinski definition) is 0. The van der Waals surface area contributed by atoms with Gasteiger partial charge in [0.05, 0.1) is 11.0 Å². The van der Waals surface area contributed by atoms with Gasteiger partial charge in [0.15, 0.2) is 0 Å². The number of benzene rings is 3. The number of nitrogens with zero attached hydrogens (tertiary/aromatic N) is 2. The predicted octanol–water partition coefficient (Wildman–Crippen LogP) is 6.15. The molecule has 0 aliphatic carbocycles. The Kier molecular flexibility index (Phi) is 8.82. The monoisotopic (exact) mass is 438 g/mol. The van der Waals surface area contributed by atoms with Crippen molar-refractivity contribution in [2.45, 2.75) is 0 Å². The number of aromatic nitrogens is 2. The summed E-state index contributed by atoms with van der Waals surface area (Å²) in [5, 5.41) is 2.28. The van der Waals surface area contributed by atoms with Gasteiger partial charge in [0.2, 0.25) is 0 Å². The Morgan fingerprint density at radius 2 is 0.667 bits per heavy atom. The molecule has 0 unspecified atom stereocenters. The van der Waals surface area contributed by atoms with Crippen LogP contribution in [-0.2, 0) is 19.5 Å². The van der Waals surface area contributed by atoms with Crippen LogP contribution < -0.4 is 0 Å². The van der Waals surface area contributed by atoms with Crippen LogP contribution in [0.3, 0.4) is 0 Å². The first-order valence-corrected chi connectivity index (χ1v) is 8.53. The Balaban J connectivity index is 0.000000168. The molecule has 2 heterocycles. The first-order valence-electron chi connectivity index (χ1n) is 8.53. The molecule has 0 aliphatic rings. The van der Waals surface area contributed by atoms with Crippen LogP contribution in [-0.4, -0.2) is 9.97 Å². The minimum Gasteiger partial charge on any atom is -0.254 e. The molecule has 0 spiro atoms. The van der Waals surface area contributed by atoms with Gasteiger partial charge in [0.1, 0.15) is 0 Å². The molecule has 0 fully saturated rings. The minimum absolute atomic E-state index is 0. The van der Waals surface area contributed by atoms with Crippen LogP contribution in [0.4, 0.5) is 0 Å².